The second kappa shape index (κ2) is 7.84. The van der Waals surface area contributed by atoms with Crippen molar-refractivity contribution >= 4 is 34.2 Å². The highest BCUT2D eigenvalue weighted by Gasteiger charge is 2.47. The molecule has 1 amide bonds. The summed E-state index contributed by atoms with van der Waals surface area (Å²) >= 11 is 1.44. The van der Waals surface area contributed by atoms with Gasteiger partial charge in [0.15, 0.2) is 0 Å². The Labute approximate surface area is 195 Å². The molecular weight excluding hydrogens is 430 g/mol. The van der Waals surface area contributed by atoms with Crippen LogP contribution in [0, 0.1) is 16.7 Å². The van der Waals surface area contributed by atoms with Crippen LogP contribution in [0.5, 0.6) is 0 Å². The lowest BCUT2D eigenvalue weighted by atomic mass is 9.65. The molecule has 0 radical (unpaired) electrons. The third-order valence-electron chi connectivity index (χ3n) is 6.98. The Hall–Kier alpha value is -3.47. The molecule has 4 aromatic rings. The highest BCUT2D eigenvalue weighted by Crippen LogP contribution is 2.53. The van der Waals surface area contributed by atoms with Gasteiger partial charge in [-0.25, -0.2) is 4.98 Å². The van der Waals surface area contributed by atoms with Crippen molar-refractivity contribution in [1.82, 2.24) is 14.9 Å². The quantitative estimate of drug-likeness (QED) is 0.445. The molecule has 1 spiro atoms. The van der Waals surface area contributed by atoms with Crippen LogP contribution < -0.4 is 10.6 Å². The van der Waals surface area contributed by atoms with Gasteiger partial charge in [-0.05, 0) is 73.2 Å². The lowest BCUT2D eigenvalue weighted by Crippen LogP contribution is -2.40. The topological polar surface area (TPSA) is 82.7 Å². The number of hydrogen-bond donors (Lipinski definition) is 2. The van der Waals surface area contributed by atoms with Crippen LogP contribution in [0.2, 0.25) is 0 Å². The van der Waals surface area contributed by atoms with E-state index in [1.807, 2.05) is 42.5 Å². The average Bonchev–Trinajstić information content (AvgIpc) is 3.56. The number of para-hydroxylation sites is 2. The van der Waals surface area contributed by atoms with Crippen molar-refractivity contribution in [2.45, 2.75) is 25.3 Å². The summed E-state index contributed by atoms with van der Waals surface area (Å²) in [7, 11) is 0. The van der Waals surface area contributed by atoms with E-state index in [-0.39, 0.29) is 5.91 Å². The average molecular weight is 454 g/mol. The number of anilines is 1. The van der Waals surface area contributed by atoms with Crippen LogP contribution in [0.1, 0.15) is 40.5 Å². The maximum atomic E-state index is 13.2. The summed E-state index contributed by atoms with van der Waals surface area (Å²) in [6, 6.07) is 21.8. The number of nitrogens with zero attached hydrogens (tertiary/aromatic N) is 3. The van der Waals surface area contributed by atoms with Gasteiger partial charge < -0.3 is 9.88 Å². The molecule has 6 nitrogen and oxygen atoms in total. The molecule has 7 heteroatoms. The van der Waals surface area contributed by atoms with E-state index in [1.165, 1.54) is 17.8 Å². The Kier molecular flexibility index (Phi) is 4.79. The van der Waals surface area contributed by atoms with Crippen LogP contribution >= 0.6 is 11.3 Å². The number of rotatable bonds is 4. The number of amides is 1. The van der Waals surface area contributed by atoms with Gasteiger partial charge in [-0.2, -0.15) is 5.26 Å². The highest BCUT2D eigenvalue weighted by atomic mass is 32.1. The number of benzene rings is 2. The molecule has 1 saturated carbocycles. The van der Waals surface area contributed by atoms with E-state index in [0.717, 1.165) is 47.4 Å². The van der Waals surface area contributed by atoms with E-state index in [4.69, 9.17) is 10.2 Å². The first kappa shape index (κ1) is 20.2. The lowest BCUT2D eigenvalue weighted by molar-refractivity contribution is 0.0874. The van der Waals surface area contributed by atoms with E-state index >= 15 is 0 Å². The summed E-state index contributed by atoms with van der Waals surface area (Å²) in [4.78, 5) is 19.6. The molecule has 1 aliphatic carbocycles. The number of hydrogen-bond acceptors (Lipinski definition) is 5. The van der Waals surface area contributed by atoms with Crippen LogP contribution in [-0.4, -0.2) is 28.5 Å². The van der Waals surface area contributed by atoms with Crippen molar-refractivity contribution in [3.8, 4) is 16.5 Å². The fraction of sp³-hybridized carbons (Fsp3) is 0.269. The summed E-state index contributed by atoms with van der Waals surface area (Å²) in [6.45, 7) is 2.19. The minimum absolute atomic E-state index is 0.145. The summed E-state index contributed by atoms with van der Waals surface area (Å²) in [5.41, 5.74) is 4.00. The van der Waals surface area contributed by atoms with E-state index in [1.54, 1.807) is 12.1 Å². The smallest absolute Gasteiger partial charge is 0.268 e. The summed E-state index contributed by atoms with van der Waals surface area (Å²) in [5, 5.41) is 15.6. The molecule has 3 heterocycles. The van der Waals surface area contributed by atoms with Gasteiger partial charge >= 0.3 is 0 Å². The number of carbonyl (C=O) groups is 1. The van der Waals surface area contributed by atoms with Crippen molar-refractivity contribution in [3.05, 3.63) is 71.1 Å². The fourth-order valence-electron chi connectivity index (χ4n) is 5.26. The number of thiophene rings is 1. The largest absolute Gasteiger partial charge is 0.316 e. The van der Waals surface area contributed by atoms with Gasteiger partial charge in [-0.15, -0.1) is 11.3 Å². The second-order valence-corrected chi connectivity index (χ2v) is 10.2. The van der Waals surface area contributed by atoms with E-state index < -0.39 is 0 Å². The molecule has 0 unspecified atom stereocenters. The van der Waals surface area contributed by atoms with E-state index in [0.29, 0.717) is 27.8 Å². The maximum Gasteiger partial charge on any atom is 0.268 e. The minimum atomic E-state index is -0.145. The number of imidazole rings is 1. The Bertz CT molecular complexity index is 1380. The third kappa shape index (κ3) is 3.52. The lowest BCUT2D eigenvalue weighted by Gasteiger charge is -2.46. The van der Waals surface area contributed by atoms with Crippen LogP contribution in [-0.2, 0) is 0 Å². The minimum Gasteiger partial charge on any atom is -0.316 e. The van der Waals surface area contributed by atoms with Gasteiger partial charge in [0, 0.05) is 17.5 Å². The van der Waals surface area contributed by atoms with Crippen LogP contribution in [0.15, 0.2) is 60.7 Å². The zero-order valence-electron chi connectivity index (χ0n) is 18.0. The van der Waals surface area contributed by atoms with Gasteiger partial charge in [0.05, 0.1) is 27.5 Å². The van der Waals surface area contributed by atoms with Crippen molar-refractivity contribution < 1.29 is 4.79 Å². The maximum absolute atomic E-state index is 13.2. The van der Waals surface area contributed by atoms with Gasteiger partial charge in [0.25, 0.3) is 5.91 Å². The Morgan fingerprint density at radius 3 is 2.73 bits per heavy atom. The monoisotopic (exact) mass is 453 g/mol. The zero-order chi connectivity index (χ0) is 22.4. The normalized spacial score (nSPS) is 21.7. The zero-order valence-corrected chi connectivity index (χ0v) is 18.9. The van der Waals surface area contributed by atoms with Gasteiger partial charge in [0.2, 0.25) is 5.95 Å². The van der Waals surface area contributed by atoms with Gasteiger partial charge in [-0.1, -0.05) is 24.3 Å². The number of aromatic nitrogens is 2. The number of fused-ring (bicyclic) bond motifs is 1. The molecule has 2 fully saturated rings. The molecule has 2 aliphatic rings. The Morgan fingerprint density at radius 2 is 1.97 bits per heavy atom. The van der Waals surface area contributed by atoms with Gasteiger partial charge in [0.1, 0.15) is 0 Å². The molecule has 2 N–H and O–H groups in total. The molecule has 164 valence electrons. The van der Waals surface area contributed by atoms with Crippen molar-refractivity contribution in [1.29, 1.82) is 5.26 Å². The van der Waals surface area contributed by atoms with Crippen molar-refractivity contribution in [2.24, 2.45) is 5.41 Å². The van der Waals surface area contributed by atoms with E-state index in [2.05, 4.69) is 27.3 Å². The van der Waals surface area contributed by atoms with Crippen LogP contribution in [0.3, 0.4) is 0 Å². The number of nitrogens with one attached hydrogen (secondary N) is 2. The summed E-state index contributed by atoms with van der Waals surface area (Å²) < 4.78 is 2.23. The van der Waals surface area contributed by atoms with Crippen LogP contribution in [0.4, 0.5) is 5.95 Å². The highest BCUT2D eigenvalue weighted by molar-refractivity contribution is 7.17. The third-order valence-corrected chi connectivity index (χ3v) is 8.12. The fourth-order valence-corrected chi connectivity index (χ4v) is 6.16. The first-order valence-electron chi connectivity index (χ1n) is 11.2. The number of carbonyl (C=O) groups excluding carboxylic acids is 1. The van der Waals surface area contributed by atoms with E-state index in [9.17, 15) is 4.79 Å². The second-order valence-electron chi connectivity index (χ2n) is 9.09. The molecule has 33 heavy (non-hydrogen) atoms. The van der Waals surface area contributed by atoms with Crippen molar-refractivity contribution in [3.63, 3.8) is 0 Å². The SMILES string of the molecule is N#Cc1ccc(-c2ccc(C(=O)Nc3nc4ccccc4n3[C@H]3C[C@@]4(CCNC4)C3)s2)cc1. The molecule has 0 atom stereocenters. The van der Waals surface area contributed by atoms with Crippen LogP contribution in [0.25, 0.3) is 21.5 Å². The molecule has 0 bridgehead atoms. The summed E-state index contributed by atoms with van der Waals surface area (Å²) in [6.07, 6.45) is 3.46. The first-order valence-corrected chi connectivity index (χ1v) is 12.1. The molecule has 1 aliphatic heterocycles. The first-order chi connectivity index (χ1) is 16.1. The number of nitriles is 1. The standard InChI is InChI=1S/C26H23N5OS/c27-15-17-5-7-18(8-6-17)22-9-10-23(33-22)24(32)30-25-29-20-3-1-2-4-21(20)31(25)19-13-26(14-19)11-12-28-16-26/h1-10,19,28H,11-14,16H2,(H,29,30,32)/t19-,26-. The molecule has 1 saturated heterocycles. The molecular formula is C26H23N5OS. The predicted molar refractivity (Wildman–Crippen MR) is 130 cm³/mol. The Morgan fingerprint density at radius 1 is 1.15 bits per heavy atom. The molecule has 2 aromatic carbocycles. The predicted octanol–water partition coefficient (Wildman–Crippen LogP) is 5.20. The molecule has 6 rings (SSSR count). The summed E-state index contributed by atoms with van der Waals surface area (Å²) in [5.74, 6) is 0.480. The Balaban J connectivity index is 1.26. The van der Waals surface area contributed by atoms with Gasteiger partial charge in [-0.3, -0.25) is 10.1 Å². The molecule has 2 aromatic heterocycles. The van der Waals surface area contributed by atoms with Crippen molar-refractivity contribution in [2.75, 3.05) is 18.4 Å².